The monoisotopic (exact) mass is 270 g/mol. The first-order chi connectivity index (χ1) is 8.97. The van der Waals surface area contributed by atoms with Crippen molar-refractivity contribution >= 4 is 17.6 Å². The molecule has 2 aliphatic heterocycles. The summed E-state index contributed by atoms with van der Waals surface area (Å²) < 4.78 is 25.7. The number of likely N-dealkylation sites (N-methyl/N-ethyl adjacent to an activating group) is 1. The van der Waals surface area contributed by atoms with Gasteiger partial charge in [-0.1, -0.05) is 0 Å². The predicted molar refractivity (Wildman–Crippen MR) is 68.7 cm³/mol. The van der Waals surface area contributed by atoms with Crippen molar-refractivity contribution in [2.75, 3.05) is 48.8 Å². The molecule has 0 spiro atoms. The van der Waals surface area contributed by atoms with Crippen LogP contribution in [0.2, 0.25) is 0 Å². The van der Waals surface area contributed by atoms with E-state index in [0.29, 0.717) is 17.7 Å². The lowest BCUT2D eigenvalue weighted by Gasteiger charge is -2.42. The van der Waals surface area contributed by atoms with Crippen LogP contribution in [0.5, 0.6) is 0 Å². The summed E-state index contributed by atoms with van der Waals surface area (Å²) in [7, 11) is 1.91. The molecular weight excluding hydrogens is 254 g/mol. The summed E-state index contributed by atoms with van der Waals surface area (Å²) in [6.45, 7) is 1.06. The predicted octanol–water partition coefficient (Wildman–Crippen LogP) is -0.0779. The summed E-state index contributed by atoms with van der Waals surface area (Å²) in [5.41, 5.74) is 5.65. The Bertz CT molecular complexity index is 480. The summed E-state index contributed by atoms with van der Waals surface area (Å²) in [4.78, 5) is 11.7. The highest BCUT2D eigenvalue weighted by Gasteiger charge is 2.44. The van der Waals surface area contributed by atoms with Crippen LogP contribution in [0.1, 0.15) is 0 Å². The van der Waals surface area contributed by atoms with Crippen LogP contribution in [0.15, 0.2) is 6.07 Å². The van der Waals surface area contributed by atoms with Gasteiger partial charge in [-0.05, 0) is 7.05 Å². The van der Waals surface area contributed by atoms with Crippen LogP contribution in [0.3, 0.4) is 0 Å². The Morgan fingerprint density at radius 3 is 2.37 bits per heavy atom. The van der Waals surface area contributed by atoms with E-state index in [1.165, 1.54) is 4.90 Å². The molecule has 1 aromatic heterocycles. The highest BCUT2D eigenvalue weighted by molar-refractivity contribution is 5.57. The van der Waals surface area contributed by atoms with E-state index < -0.39 is 5.92 Å². The molecule has 3 heterocycles. The number of alkyl halides is 2. The van der Waals surface area contributed by atoms with E-state index in [1.54, 1.807) is 6.07 Å². The molecule has 0 aromatic carbocycles. The van der Waals surface area contributed by atoms with Gasteiger partial charge in [0.05, 0.1) is 13.1 Å². The third kappa shape index (κ3) is 2.27. The fourth-order valence-electron chi connectivity index (χ4n) is 2.29. The van der Waals surface area contributed by atoms with E-state index in [4.69, 9.17) is 5.73 Å². The smallest absolute Gasteiger partial charge is 0.282 e. The van der Waals surface area contributed by atoms with Crippen molar-refractivity contribution in [1.82, 2.24) is 15.3 Å². The molecule has 3 rings (SSSR count). The van der Waals surface area contributed by atoms with Crippen molar-refractivity contribution in [3.8, 4) is 0 Å². The molecule has 1 aromatic rings. The second kappa shape index (κ2) is 4.16. The largest absolute Gasteiger partial charge is 0.368 e. The number of rotatable bonds is 3. The number of nitrogen functional groups attached to an aromatic ring is 1. The number of hydrogen-bond acceptors (Lipinski definition) is 6. The average Bonchev–Trinajstić information content (AvgIpc) is 2.23. The minimum atomic E-state index is -2.62. The number of nitrogens with two attached hydrogens (primary N) is 1. The number of anilines is 3. The zero-order valence-corrected chi connectivity index (χ0v) is 10.6. The van der Waals surface area contributed by atoms with Gasteiger partial charge in [-0.15, -0.1) is 0 Å². The Morgan fingerprint density at radius 1 is 1.26 bits per heavy atom. The van der Waals surface area contributed by atoms with Gasteiger partial charge in [0.15, 0.2) is 0 Å². The van der Waals surface area contributed by atoms with Gasteiger partial charge in [0.25, 0.3) is 5.92 Å². The quantitative estimate of drug-likeness (QED) is 0.801. The van der Waals surface area contributed by atoms with Crippen LogP contribution < -0.4 is 20.9 Å². The van der Waals surface area contributed by atoms with Gasteiger partial charge in [0, 0.05) is 25.2 Å². The van der Waals surface area contributed by atoms with Crippen molar-refractivity contribution in [1.29, 1.82) is 0 Å². The molecule has 0 radical (unpaired) electrons. The molecule has 0 bridgehead atoms. The van der Waals surface area contributed by atoms with Crippen LogP contribution in [-0.2, 0) is 0 Å². The van der Waals surface area contributed by atoms with Crippen molar-refractivity contribution in [2.45, 2.75) is 12.0 Å². The van der Waals surface area contributed by atoms with E-state index in [2.05, 4.69) is 15.3 Å². The molecule has 104 valence electrons. The van der Waals surface area contributed by atoms with Gasteiger partial charge < -0.3 is 20.9 Å². The molecular formula is C11H16F2N6. The van der Waals surface area contributed by atoms with Gasteiger partial charge in [-0.3, -0.25) is 0 Å². The van der Waals surface area contributed by atoms with Crippen molar-refractivity contribution in [2.24, 2.45) is 0 Å². The molecule has 2 saturated heterocycles. The third-order valence-electron chi connectivity index (χ3n) is 3.50. The molecule has 0 saturated carbocycles. The normalized spacial score (nSPS) is 22.1. The Balaban J connectivity index is 1.74. The Kier molecular flexibility index (Phi) is 2.70. The molecule has 0 amide bonds. The van der Waals surface area contributed by atoms with E-state index in [9.17, 15) is 8.78 Å². The second-order valence-corrected chi connectivity index (χ2v) is 5.05. The fourth-order valence-corrected chi connectivity index (χ4v) is 2.29. The Morgan fingerprint density at radius 2 is 1.84 bits per heavy atom. The first kappa shape index (κ1) is 12.3. The maximum atomic E-state index is 12.9. The van der Waals surface area contributed by atoms with E-state index in [1.807, 2.05) is 11.9 Å². The first-order valence-corrected chi connectivity index (χ1v) is 6.16. The molecule has 0 atom stereocenters. The van der Waals surface area contributed by atoms with Crippen LogP contribution in [-0.4, -0.2) is 55.2 Å². The minimum absolute atomic E-state index is 0.121. The van der Waals surface area contributed by atoms with Gasteiger partial charge in [0.1, 0.15) is 11.6 Å². The molecule has 6 nitrogen and oxygen atoms in total. The molecule has 2 fully saturated rings. The lowest BCUT2D eigenvalue weighted by atomic mass is 10.1. The molecule has 8 heteroatoms. The van der Waals surface area contributed by atoms with Crippen molar-refractivity contribution in [3.05, 3.63) is 6.07 Å². The number of nitrogens with one attached hydrogen (secondary N) is 1. The van der Waals surface area contributed by atoms with Gasteiger partial charge in [-0.25, -0.2) is 8.78 Å². The maximum Gasteiger partial charge on any atom is 0.282 e. The van der Waals surface area contributed by atoms with E-state index >= 15 is 0 Å². The fraction of sp³-hybridized carbons (Fsp3) is 0.636. The molecule has 19 heavy (non-hydrogen) atoms. The third-order valence-corrected chi connectivity index (χ3v) is 3.50. The average molecular weight is 270 g/mol. The van der Waals surface area contributed by atoms with E-state index in [-0.39, 0.29) is 19.0 Å². The minimum Gasteiger partial charge on any atom is -0.368 e. The topological polar surface area (TPSA) is 70.3 Å². The number of hydrogen-bond donors (Lipinski definition) is 2. The zero-order valence-electron chi connectivity index (χ0n) is 10.6. The summed E-state index contributed by atoms with van der Waals surface area (Å²) in [6.07, 6.45) is 0. The van der Waals surface area contributed by atoms with E-state index in [0.717, 1.165) is 13.1 Å². The molecule has 2 aliphatic rings. The molecule has 0 aliphatic carbocycles. The van der Waals surface area contributed by atoms with Crippen molar-refractivity contribution < 1.29 is 8.78 Å². The lowest BCUT2D eigenvalue weighted by Crippen LogP contribution is -2.58. The maximum absolute atomic E-state index is 12.9. The van der Waals surface area contributed by atoms with Gasteiger partial charge in [0.2, 0.25) is 5.95 Å². The molecule has 0 unspecified atom stereocenters. The van der Waals surface area contributed by atoms with Crippen molar-refractivity contribution in [3.63, 3.8) is 0 Å². The summed E-state index contributed by atoms with van der Waals surface area (Å²) in [5, 5.41) is 3.16. The van der Waals surface area contributed by atoms with Crippen LogP contribution in [0.25, 0.3) is 0 Å². The number of halogens is 2. The second-order valence-electron chi connectivity index (χ2n) is 5.05. The zero-order chi connectivity index (χ0) is 13.6. The number of nitrogens with zero attached hydrogens (tertiary/aromatic N) is 4. The summed E-state index contributed by atoms with van der Waals surface area (Å²) in [6, 6.07) is 2.16. The Labute approximate surface area is 109 Å². The van der Waals surface area contributed by atoms with Gasteiger partial charge in [-0.2, -0.15) is 9.97 Å². The number of aromatic nitrogens is 2. The highest BCUT2D eigenvalue weighted by atomic mass is 19.3. The van der Waals surface area contributed by atoms with Crippen LogP contribution >= 0.6 is 0 Å². The summed E-state index contributed by atoms with van der Waals surface area (Å²) >= 11 is 0. The Hall–Kier alpha value is -1.70. The van der Waals surface area contributed by atoms with Gasteiger partial charge >= 0.3 is 0 Å². The standard InChI is InChI=1S/C11H16F2N6/c1-15-7-3-18(4-7)8-2-9(17-10(14)16-8)19-5-11(12,13)6-19/h2,7,15H,3-6H2,1H3,(H2,14,16,17). The molecule has 3 N–H and O–H groups in total. The summed E-state index contributed by atoms with van der Waals surface area (Å²) in [5.74, 6) is -1.32. The first-order valence-electron chi connectivity index (χ1n) is 6.16. The van der Waals surface area contributed by atoms with Crippen LogP contribution in [0.4, 0.5) is 26.4 Å². The lowest BCUT2D eigenvalue weighted by molar-refractivity contribution is -0.0267. The SMILES string of the molecule is CNC1CN(c2cc(N3CC(F)(F)C3)nc(N)n2)C1. The highest BCUT2D eigenvalue weighted by Crippen LogP contribution is 2.32. The van der Waals surface area contributed by atoms with Crippen LogP contribution in [0, 0.1) is 0 Å².